The van der Waals surface area contributed by atoms with Gasteiger partial charge in [-0.25, -0.2) is 23.5 Å². The third-order valence-corrected chi connectivity index (χ3v) is 8.15. The SMILES string of the molecule is Cc1cc(C)c(N(C(CNC(=O)c2cn(C)c3c(F)c(Cc4nc5ncccc5[nH]4)c(F)cc3c2=O)C(=O)O)S(=O)[O-])c(C)c1. The second kappa shape index (κ2) is 12.2. The van der Waals surface area contributed by atoms with E-state index in [-0.39, 0.29) is 29.0 Å². The summed E-state index contributed by atoms with van der Waals surface area (Å²) in [5, 5.41) is 11.8. The molecular formula is C30H27F2N6O6S-. The van der Waals surface area contributed by atoms with E-state index in [0.717, 1.165) is 22.4 Å². The van der Waals surface area contributed by atoms with Crippen LogP contribution in [0.15, 0.2) is 47.5 Å². The summed E-state index contributed by atoms with van der Waals surface area (Å²) >= 11 is -3.05. The monoisotopic (exact) mass is 637 g/mol. The molecule has 12 nitrogen and oxygen atoms in total. The predicted octanol–water partition coefficient (Wildman–Crippen LogP) is 3.09. The van der Waals surface area contributed by atoms with Gasteiger partial charge in [-0.05, 0) is 50.1 Å². The average Bonchev–Trinajstić information content (AvgIpc) is 3.37. The highest BCUT2D eigenvalue weighted by atomic mass is 32.2. The number of halogens is 2. The van der Waals surface area contributed by atoms with Gasteiger partial charge in [-0.2, -0.15) is 0 Å². The van der Waals surface area contributed by atoms with Gasteiger partial charge in [-0.3, -0.25) is 18.1 Å². The summed E-state index contributed by atoms with van der Waals surface area (Å²) in [6.45, 7) is 4.34. The maximum absolute atomic E-state index is 15.7. The van der Waals surface area contributed by atoms with E-state index < -0.39 is 63.7 Å². The molecule has 3 N–H and O–H groups in total. The number of carboxylic acids is 1. The molecule has 0 saturated carbocycles. The van der Waals surface area contributed by atoms with Gasteiger partial charge in [0, 0.05) is 42.7 Å². The third-order valence-electron chi connectivity index (χ3n) is 7.39. The number of anilines is 1. The van der Waals surface area contributed by atoms with Gasteiger partial charge in [0.1, 0.15) is 17.2 Å². The lowest BCUT2D eigenvalue weighted by Gasteiger charge is -2.34. The summed E-state index contributed by atoms with van der Waals surface area (Å²) < 4.78 is 57.3. The van der Waals surface area contributed by atoms with E-state index in [9.17, 15) is 28.3 Å². The van der Waals surface area contributed by atoms with Crippen molar-refractivity contribution in [1.82, 2.24) is 24.8 Å². The molecule has 3 heterocycles. The number of hydrogen-bond donors (Lipinski definition) is 3. The Morgan fingerprint density at radius 2 is 1.89 bits per heavy atom. The molecule has 0 aliphatic heterocycles. The molecule has 0 spiro atoms. The first-order valence-electron chi connectivity index (χ1n) is 13.6. The minimum Gasteiger partial charge on any atom is -0.755 e. The number of rotatable bonds is 9. The number of nitrogens with zero attached hydrogens (tertiary/aromatic N) is 4. The lowest BCUT2D eigenvalue weighted by atomic mass is 10.0. The number of aromatic amines is 1. The van der Waals surface area contributed by atoms with Crippen molar-refractivity contribution in [3.05, 3.63) is 98.2 Å². The Balaban J connectivity index is 1.46. The quantitative estimate of drug-likeness (QED) is 0.207. The number of hydrogen-bond acceptors (Lipinski definition) is 7. The van der Waals surface area contributed by atoms with Crippen molar-refractivity contribution in [2.24, 2.45) is 7.05 Å². The first-order chi connectivity index (χ1) is 21.3. The number of benzene rings is 2. The van der Waals surface area contributed by atoms with Crippen LogP contribution < -0.4 is 15.1 Å². The topological polar surface area (TPSA) is 173 Å². The number of carbonyl (C=O) groups is 2. The van der Waals surface area contributed by atoms with Crippen LogP contribution in [-0.2, 0) is 29.5 Å². The van der Waals surface area contributed by atoms with Crippen molar-refractivity contribution in [2.75, 3.05) is 10.8 Å². The van der Waals surface area contributed by atoms with Crippen LogP contribution in [-0.4, -0.2) is 57.9 Å². The van der Waals surface area contributed by atoms with Crippen molar-refractivity contribution >= 4 is 50.9 Å². The van der Waals surface area contributed by atoms with Crippen LogP contribution in [0.3, 0.4) is 0 Å². The normalized spacial score (nSPS) is 12.8. The predicted molar refractivity (Wildman–Crippen MR) is 162 cm³/mol. The number of imidazole rings is 1. The van der Waals surface area contributed by atoms with E-state index in [1.165, 1.54) is 13.2 Å². The zero-order valence-corrected chi connectivity index (χ0v) is 25.3. The zero-order chi connectivity index (χ0) is 32.7. The summed E-state index contributed by atoms with van der Waals surface area (Å²) in [6.07, 6.45) is 2.31. The Kier molecular flexibility index (Phi) is 8.49. The molecule has 45 heavy (non-hydrogen) atoms. The second-order valence-corrected chi connectivity index (χ2v) is 11.4. The molecule has 15 heteroatoms. The number of aliphatic carboxylic acids is 1. The van der Waals surface area contributed by atoms with Crippen LogP contribution in [0.2, 0.25) is 0 Å². The number of carbonyl (C=O) groups excluding carboxylic acids is 1. The third kappa shape index (κ3) is 5.91. The van der Waals surface area contributed by atoms with E-state index in [1.54, 1.807) is 45.0 Å². The maximum atomic E-state index is 15.7. The fourth-order valence-corrected chi connectivity index (χ4v) is 6.32. The van der Waals surface area contributed by atoms with Crippen molar-refractivity contribution in [1.29, 1.82) is 0 Å². The highest BCUT2D eigenvalue weighted by Gasteiger charge is 2.31. The molecular weight excluding hydrogens is 610 g/mol. The fraction of sp³-hybridized carbons (Fsp3) is 0.233. The molecule has 2 aromatic carbocycles. The molecule has 1 amide bonds. The molecule has 0 radical (unpaired) electrons. The summed E-state index contributed by atoms with van der Waals surface area (Å²) in [7, 11) is 1.36. The molecule has 5 rings (SSSR count). The van der Waals surface area contributed by atoms with Gasteiger partial charge in [0.15, 0.2) is 17.5 Å². The van der Waals surface area contributed by atoms with Crippen molar-refractivity contribution in [3.63, 3.8) is 0 Å². The van der Waals surface area contributed by atoms with Crippen molar-refractivity contribution in [3.8, 4) is 0 Å². The molecule has 0 aliphatic rings. The summed E-state index contributed by atoms with van der Waals surface area (Å²) in [4.78, 5) is 50.0. The van der Waals surface area contributed by atoms with E-state index >= 15 is 8.78 Å². The van der Waals surface area contributed by atoms with E-state index in [2.05, 4.69) is 20.3 Å². The first-order valence-corrected chi connectivity index (χ1v) is 14.6. The minimum absolute atomic E-state index is 0.137. The summed E-state index contributed by atoms with van der Waals surface area (Å²) in [5.74, 6) is -4.42. The van der Waals surface area contributed by atoms with Crippen molar-refractivity contribution < 1.29 is 32.2 Å². The van der Waals surface area contributed by atoms with Gasteiger partial charge in [0.25, 0.3) is 5.91 Å². The smallest absolute Gasteiger partial charge is 0.329 e. The number of fused-ring (bicyclic) bond motifs is 2. The van der Waals surface area contributed by atoms with Gasteiger partial charge in [0.2, 0.25) is 5.43 Å². The molecule has 3 aromatic heterocycles. The van der Waals surface area contributed by atoms with Crippen LogP contribution >= 0.6 is 0 Å². The zero-order valence-electron chi connectivity index (χ0n) is 24.5. The number of aryl methyl sites for hydroxylation is 4. The molecule has 2 unspecified atom stereocenters. The molecule has 2 atom stereocenters. The van der Waals surface area contributed by atoms with Crippen LogP contribution in [0.25, 0.3) is 22.1 Å². The van der Waals surface area contributed by atoms with Crippen LogP contribution in [0.4, 0.5) is 14.5 Å². The molecule has 0 saturated heterocycles. The molecule has 5 aromatic rings. The lowest BCUT2D eigenvalue weighted by Crippen LogP contribution is -2.50. The Morgan fingerprint density at radius 3 is 2.51 bits per heavy atom. The largest absolute Gasteiger partial charge is 0.755 e. The van der Waals surface area contributed by atoms with Gasteiger partial charge >= 0.3 is 5.97 Å². The van der Waals surface area contributed by atoms with Gasteiger partial charge < -0.3 is 24.5 Å². The fourth-order valence-electron chi connectivity index (χ4n) is 5.51. The van der Waals surface area contributed by atoms with Gasteiger partial charge in [-0.15, -0.1) is 0 Å². The van der Waals surface area contributed by atoms with Crippen LogP contribution in [0.5, 0.6) is 0 Å². The van der Waals surface area contributed by atoms with Gasteiger partial charge in [0.05, 0.1) is 28.7 Å². The Hall–Kier alpha value is -5.02. The van der Waals surface area contributed by atoms with Crippen molar-refractivity contribution in [2.45, 2.75) is 33.2 Å². The van der Waals surface area contributed by atoms with Crippen LogP contribution in [0.1, 0.15) is 38.4 Å². The number of pyridine rings is 2. The summed E-state index contributed by atoms with van der Waals surface area (Å²) in [5.41, 5.74) is 0.778. The average molecular weight is 638 g/mol. The number of nitrogens with one attached hydrogen (secondary N) is 2. The Labute approximate surface area is 257 Å². The number of amides is 1. The molecule has 234 valence electrons. The summed E-state index contributed by atoms with van der Waals surface area (Å²) in [6, 6.07) is 5.83. The maximum Gasteiger partial charge on any atom is 0.329 e. The molecule has 0 aliphatic carbocycles. The lowest BCUT2D eigenvalue weighted by molar-refractivity contribution is -0.138. The van der Waals surface area contributed by atoms with E-state index in [0.29, 0.717) is 26.6 Å². The number of carboxylic acid groups (broad SMARTS) is 1. The molecule has 0 fully saturated rings. The Bertz CT molecular complexity index is 2040. The first kappa shape index (κ1) is 31.4. The van der Waals surface area contributed by atoms with E-state index in [1.807, 2.05) is 0 Å². The number of aromatic nitrogens is 4. The Morgan fingerprint density at radius 1 is 1.20 bits per heavy atom. The standard InChI is InChI=1S/C30H28F2N6O6S/c1-14-8-15(2)25(16(3)9-14)38(45(43)44)22(30(41)42)12-34-29(40)19-13-37(4)26-18(27(19)39)10-20(31)17(24(26)32)11-23-35-21-6-5-7-33-28(21)36-23/h5-10,13,22H,11-12H2,1-4H3,(H,34,40)(H,41,42)(H,43,44)(H,33,35,36)/p-1. The minimum atomic E-state index is -3.05. The highest BCUT2D eigenvalue weighted by Crippen LogP contribution is 2.29. The number of H-pyrrole nitrogens is 1. The van der Waals surface area contributed by atoms with Crippen LogP contribution in [0, 0.1) is 32.4 Å². The van der Waals surface area contributed by atoms with Gasteiger partial charge in [-0.1, -0.05) is 17.7 Å². The second-order valence-electron chi connectivity index (χ2n) is 10.6. The van der Waals surface area contributed by atoms with E-state index in [4.69, 9.17) is 0 Å². The molecule has 0 bridgehead atoms. The highest BCUT2D eigenvalue weighted by molar-refractivity contribution is 7.80.